The average molecular weight is 785 g/mol. The standard InChI is InChI=1S/C41H43Cl2N7O5/c1-24(51)49-18-16-27(17-19-49)44-20-26-21-48(2)39-29(26)12-14-34(46-39)32-8-4-6-30(37(32)42)31-7-5-9-33(38(31)43)35-13-10-25(40(47-35)55-3)22-50(41(53)54)23-28-11-15-36(52)45-28/h4-10,12-14,21,27-28,44H,11,15-20,22-23H2,1-3H3,(H,45,52)(H,53,54)/t28-/m0/s1. The molecule has 12 nitrogen and oxygen atoms in total. The molecule has 14 heteroatoms. The fourth-order valence-corrected chi connectivity index (χ4v) is 8.21. The molecule has 286 valence electrons. The van der Waals surface area contributed by atoms with E-state index in [9.17, 15) is 19.5 Å². The van der Waals surface area contributed by atoms with Crippen molar-refractivity contribution in [2.24, 2.45) is 7.05 Å². The van der Waals surface area contributed by atoms with E-state index < -0.39 is 6.09 Å². The summed E-state index contributed by atoms with van der Waals surface area (Å²) in [7, 11) is 3.48. The van der Waals surface area contributed by atoms with Gasteiger partial charge in [0.15, 0.2) is 0 Å². The van der Waals surface area contributed by atoms with Crippen LogP contribution in [0.1, 0.15) is 43.7 Å². The number of hydrogen-bond donors (Lipinski definition) is 3. The first kappa shape index (κ1) is 38.1. The van der Waals surface area contributed by atoms with Gasteiger partial charge in [-0.25, -0.2) is 14.8 Å². The maximum absolute atomic E-state index is 12.1. The van der Waals surface area contributed by atoms with E-state index in [-0.39, 0.29) is 36.8 Å². The van der Waals surface area contributed by atoms with Crippen LogP contribution in [0.25, 0.3) is 44.7 Å². The first-order valence-electron chi connectivity index (χ1n) is 18.3. The Balaban J connectivity index is 1.11. The zero-order valence-corrected chi connectivity index (χ0v) is 32.5. The van der Waals surface area contributed by atoms with Gasteiger partial charge in [0.25, 0.3) is 0 Å². The number of piperidine rings is 1. The molecule has 55 heavy (non-hydrogen) atoms. The minimum absolute atomic E-state index is 0.0394. The molecular formula is C41H43Cl2N7O5. The molecule has 2 aliphatic rings. The first-order valence-corrected chi connectivity index (χ1v) is 19.1. The number of nitrogens with zero attached hydrogens (tertiary/aromatic N) is 5. The number of carboxylic acid groups (broad SMARTS) is 1. The number of fused-ring (bicyclic) bond motifs is 1. The molecule has 0 aliphatic carbocycles. The highest BCUT2D eigenvalue weighted by atomic mass is 35.5. The van der Waals surface area contributed by atoms with Crippen molar-refractivity contribution >= 4 is 52.1 Å². The fraction of sp³-hybridized carbons (Fsp3) is 0.341. The lowest BCUT2D eigenvalue weighted by molar-refractivity contribution is -0.130. The van der Waals surface area contributed by atoms with Crippen molar-refractivity contribution in [3.8, 4) is 39.5 Å². The Labute approximate surface area is 329 Å². The molecule has 1 atom stereocenters. The number of aromatic nitrogens is 3. The van der Waals surface area contributed by atoms with Crippen molar-refractivity contribution in [2.75, 3.05) is 26.7 Å². The molecule has 0 bridgehead atoms. The van der Waals surface area contributed by atoms with Crippen LogP contribution in [0, 0.1) is 0 Å². The summed E-state index contributed by atoms with van der Waals surface area (Å²) in [6.45, 7) is 4.10. The Morgan fingerprint density at radius 2 is 1.56 bits per heavy atom. The number of methoxy groups -OCH3 is 1. The summed E-state index contributed by atoms with van der Waals surface area (Å²) in [6, 6.07) is 19.2. The van der Waals surface area contributed by atoms with Gasteiger partial charge in [0, 0.05) is 98.1 Å². The lowest BCUT2D eigenvalue weighted by Crippen LogP contribution is -2.43. The van der Waals surface area contributed by atoms with Crippen molar-refractivity contribution < 1.29 is 24.2 Å². The predicted molar refractivity (Wildman–Crippen MR) is 213 cm³/mol. The third-order valence-electron chi connectivity index (χ3n) is 10.6. The molecule has 2 fully saturated rings. The SMILES string of the molecule is COc1nc(-c2cccc(-c3cccc(-c4ccc5c(CNC6CCN(C(C)=O)CC6)cn(C)c5n4)c3Cl)c2Cl)ccc1CN(C[C@@H]1CCC(=O)N1)C(=O)O. The zero-order chi connectivity index (χ0) is 38.8. The Kier molecular flexibility index (Phi) is 11.3. The predicted octanol–water partition coefficient (Wildman–Crippen LogP) is 7.14. The molecule has 2 aliphatic heterocycles. The normalized spacial score (nSPS) is 16.1. The van der Waals surface area contributed by atoms with E-state index in [0.29, 0.717) is 57.9 Å². The van der Waals surface area contributed by atoms with Crippen LogP contribution < -0.4 is 15.4 Å². The lowest BCUT2D eigenvalue weighted by Gasteiger charge is -2.31. The molecule has 0 unspecified atom stereocenters. The molecule has 2 saturated heterocycles. The van der Waals surface area contributed by atoms with Gasteiger partial charge in [0.1, 0.15) is 5.65 Å². The van der Waals surface area contributed by atoms with E-state index in [1.807, 2.05) is 59.0 Å². The van der Waals surface area contributed by atoms with Crippen LogP contribution in [0.15, 0.2) is 66.9 Å². The van der Waals surface area contributed by atoms with Crippen molar-refractivity contribution in [1.82, 2.24) is 35.0 Å². The summed E-state index contributed by atoms with van der Waals surface area (Å²) in [5.74, 6) is 0.335. The van der Waals surface area contributed by atoms with Crippen LogP contribution >= 0.6 is 23.2 Å². The minimum Gasteiger partial charge on any atom is -0.481 e. The summed E-state index contributed by atoms with van der Waals surface area (Å²) in [5, 5.41) is 18.4. The number of carbonyl (C=O) groups is 3. The van der Waals surface area contributed by atoms with Crippen LogP contribution in [0.2, 0.25) is 10.0 Å². The van der Waals surface area contributed by atoms with Gasteiger partial charge in [0.2, 0.25) is 17.7 Å². The van der Waals surface area contributed by atoms with E-state index in [0.717, 1.165) is 59.3 Å². The summed E-state index contributed by atoms with van der Waals surface area (Å²) >= 11 is 14.3. The van der Waals surface area contributed by atoms with Crippen molar-refractivity contribution in [3.63, 3.8) is 0 Å². The number of carbonyl (C=O) groups excluding carboxylic acids is 2. The monoisotopic (exact) mass is 783 g/mol. The number of nitrogens with one attached hydrogen (secondary N) is 2. The van der Waals surface area contributed by atoms with E-state index in [1.54, 1.807) is 19.1 Å². The van der Waals surface area contributed by atoms with Crippen LogP contribution in [-0.2, 0) is 29.7 Å². The Bertz CT molecular complexity index is 2270. The van der Waals surface area contributed by atoms with E-state index in [1.165, 1.54) is 12.0 Å². The lowest BCUT2D eigenvalue weighted by atomic mass is 9.98. The number of halogens is 2. The first-order chi connectivity index (χ1) is 26.5. The second kappa shape index (κ2) is 16.3. The Hall–Kier alpha value is -5.17. The van der Waals surface area contributed by atoms with Gasteiger partial charge in [-0.1, -0.05) is 59.6 Å². The van der Waals surface area contributed by atoms with Gasteiger partial charge < -0.3 is 34.8 Å². The molecule has 3 aromatic heterocycles. The maximum Gasteiger partial charge on any atom is 0.407 e. The fourth-order valence-electron chi connectivity index (χ4n) is 7.56. The van der Waals surface area contributed by atoms with Crippen LogP contribution in [0.3, 0.4) is 0 Å². The summed E-state index contributed by atoms with van der Waals surface area (Å²) in [5.41, 5.74) is 6.75. The molecule has 7 rings (SSSR count). The molecule has 0 saturated carbocycles. The second-order valence-electron chi connectivity index (χ2n) is 14.2. The van der Waals surface area contributed by atoms with E-state index in [4.69, 9.17) is 37.9 Å². The highest BCUT2D eigenvalue weighted by molar-refractivity contribution is 6.39. The van der Waals surface area contributed by atoms with Crippen LogP contribution in [-0.4, -0.2) is 86.2 Å². The highest BCUT2D eigenvalue weighted by Gasteiger charge is 2.27. The number of ether oxygens (including phenoxy) is 1. The zero-order valence-electron chi connectivity index (χ0n) is 30.9. The molecule has 0 radical (unpaired) electrons. The second-order valence-corrected chi connectivity index (χ2v) is 14.9. The van der Waals surface area contributed by atoms with Gasteiger partial charge in [-0.05, 0) is 49.1 Å². The maximum atomic E-state index is 12.1. The molecule has 5 aromatic rings. The average Bonchev–Trinajstić information content (AvgIpc) is 3.74. The number of amides is 3. The van der Waals surface area contributed by atoms with Crippen molar-refractivity contribution in [2.45, 2.75) is 57.8 Å². The van der Waals surface area contributed by atoms with Gasteiger partial charge in [-0.2, -0.15) is 0 Å². The summed E-state index contributed by atoms with van der Waals surface area (Å²) < 4.78 is 7.65. The molecule has 2 aromatic carbocycles. The number of aryl methyl sites for hydroxylation is 1. The van der Waals surface area contributed by atoms with Gasteiger partial charge in [-0.3, -0.25) is 9.59 Å². The molecule has 3 N–H and O–H groups in total. The van der Waals surface area contributed by atoms with Crippen LogP contribution in [0.5, 0.6) is 5.88 Å². The number of benzene rings is 2. The Morgan fingerprint density at radius 3 is 2.16 bits per heavy atom. The third-order valence-corrected chi connectivity index (χ3v) is 11.4. The van der Waals surface area contributed by atoms with E-state index >= 15 is 0 Å². The number of pyridine rings is 2. The molecule has 5 heterocycles. The van der Waals surface area contributed by atoms with Crippen LogP contribution in [0.4, 0.5) is 4.79 Å². The summed E-state index contributed by atoms with van der Waals surface area (Å²) in [6.07, 6.45) is 3.85. The smallest absolute Gasteiger partial charge is 0.407 e. The Morgan fingerprint density at radius 1 is 0.927 bits per heavy atom. The number of likely N-dealkylation sites (tertiary alicyclic amines) is 1. The van der Waals surface area contributed by atoms with Gasteiger partial charge >= 0.3 is 6.09 Å². The number of hydrogen-bond acceptors (Lipinski definition) is 7. The van der Waals surface area contributed by atoms with Gasteiger partial charge in [0.05, 0.1) is 35.1 Å². The topological polar surface area (TPSA) is 142 Å². The quantitative estimate of drug-likeness (QED) is 0.128. The van der Waals surface area contributed by atoms with Crippen molar-refractivity contribution in [1.29, 1.82) is 0 Å². The largest absolute Gasteiger partial charge is 0.481 e. The van der Waals surface area contributed by atoms with Crippen molar-refractivity contribution in [3.05, 3.63) is 88.0 Å². The molecule has 3 amide bonds. The third kappa shape index (κ3) is 8.12. The minimum atomic E-state index is -1.10. The molecule has 0 spiro atoms. The summed E-state index contributed by atoms with van der Waals surface area (Å²) in [4.78, 5) is 48.4. The molecular weight excluding hydrogens is 741 g/mol. The highest BCUT2D eigenvalue weighted by Crippen LogP contribution is 2.42. The van der Waals surface area contributed by atoms with Gasteiger partial charge in [-0.15, -0.1) is 0 Å². The number of rotatable bonds is 11. The van der Waals surface area contributed by atoms with E-state index in [2.05, 4.69) is 22.9 Å².